The summed E-state index contributed by atoms with van der Waals surface area (Å²) in [5.41, 5.74) is -0.174. The third kappa shape index (κ3) is 5.06. The predicted octanol–water partition coefficient (Wildman–Crippen LogP) is 4.13. The van der Waals surface area contributed by atoms with E-state index in [0.29, 0.717) is 0 Å². The molecule has 134 valence electrons. The Labute approximate surface area is 143 Å². The lowest BCUT2D eigenvalue weighted by atomic mass is 10.1. The number of alkyl halides is 3. The fourth-order valence-corrected chi connectivity index (χ4v) is 3.27. The topological polar surface area (TPSA) is 60.4 Å². The number of halogens is 3. The van der Waals surface area contributed by atoms with Gasteiger partial charge in [-0.05, 0) is 37.6 Å². The van der Waals surface area contributed by atoms with E-state index in [2.05, 4.69) is 0 Å². The van der Waals surface area contributed by atoms with E-state index in [-0.39, 0.29) is 22.7 Å². The zero-order chi connectivity index (χ0) is 18.8. The highest BCUT2D eigenvalue weighted by molar-refractivity contribution is 7.86. The average Bonchev–Trinajstić information content (AvgIpc) is 2.47. The molecule has 2 aromatic carbocycles. The summed E-state index contributed by atoms with van der Waals surface area (Å²) in [5, 5.41) is 0. The van der Waals surface area contributed by atoms with Crippen molar-refractivity contribution in [2.75, 3.05) is 0 Å². The van der Waals surface area contributed by atoms with Crippen LogP contribution in [0, 0.1) is 6.92 Å². The minimum atomic E-state index is -4.57. The summed E-state index contributed by atoms with van der Waals surface area (Å²) in [6, 6.07) is 8.39. The highest BCUT2D eigenvalue weighted by Gasteiger charge is 2.31. The van der Waals surface area contributed by atoms with Crippen LogP contribution in [0.4, 0.5) is 13.2 Å². The molecule has 0 unspecified atom stereocenters. The van der Waals surface area contributed by atoms with Crippen LogP contribution in [-0.2, 0) is 22.0 Å². The maximum Gasteiger partial charge on any atom is 0.416 e. The van der Waals surface area contributed by atoms with E-state index in [4.69, 9.17) is 4.18 Å². The lowest BCUT2D eigenvalue weighted by Crippen LogP contribution is -2.15. The molecule has 8 heteroatoms. The second kappa shape index (κ2) is 6.87. The van der Waals surface area contributed by atoms with Gasteiger partial charge in [0.2, 0.25) is 0 Å². The first-order chi connectivity index (χ1) is 11.5. The highest BCUT2D eigenvalue weighted by Crippen LogP contribution is 2.30. The molecule has 0 radical (unpaired) electrons. The van der Waals surface area contributed by atoms with E-state index in [1.807, 2.05) is 0 Å². The van der Waals surface area contributed by atoms with Crippen molar-refractivity contribution in [2.24, 2.45) is 0 Å². The lowest BCUT2D eigenvalue weighted by Gasteiger charge is -2.12. The first kappa shape index (κ1) is 19.0. The number of hydrogen-bond donors (Lipinski definition) is 0. The fourth-order valence-electron chi connectivity index (χ4n) is 2.20. The van der Waals surface area contributed by atoms with E-state index in [9.17, 15) is 26.4 Å². The van der Waals surface area contributed by atoms with Gasteiger partial charge >= 0.3 is 16.3 Å². The van der Waals surface area contributed by atoms with Crippen molar-refractivity contribution in [3.63, 3.8) is 0 Å². The molecule has 2 aromatic rings. The zero-order valence-corrected chi connectivity index (χ0v) is 14.2. The molecule has 4 nitrogen and oxygen atoms in total. The van der Waals surface area contributed by atoms with E-state index < -0.39 is 27.6 Å². The maximum atomic E-state index is 12.7. The van der Waals surface area contributed by atoms with Crippen LogP contribution in [-0.4, -0.2) is 14.2 Å². The Morgan fingerprint density at radius 2 is 1.80 bits per heavy atom. The predicted molar refractivity (Wildman–Crippen MR) is 85.9 cm³/mol. The van der Waals surface area contributed by atoms with Gasteiger partial charge in [0.1, 0.15) is 5.75 Å². The van der Waals surface area contributed by atoms with Crippen molar-refractivity contribution < 1.29 is 30.6 Å². The Bertz CT molecular complexity index is 902. The second-order valence-electron chi connectivity index (χ2n) is 5.54. The smallest absolute Gasteiger partial charge is 0.381 e. The molecule has 25 heavy (non-hydrogen) atoms. The molecular formula is C17H15F3O4S. The molecule has 0 saturated carbocycles. The highest BCUT2D eigenvalue weighted by atomic mass is 32.2. The van der Waals surface area contributed by atoms with Crippen LogP contribution in [0.1, 0.15) is 34.0 Å². The Morgan fingerprint density at radius 1 is 1.12 bits per heavy atom. The number of rotatable bonds is 5. The number of ketones is 1. The Kier molecular flexibility index (Phi) is 5.22. The van der Waals surface area contributed by atoms with Crippen molar-refractivity contribution in [1.82, 2.24) is 0 Å². The van der Waals surface area contributed by atoms with E-state index in [1.54, 1.807) is 13.0 Å². The van der Waals surface area contributed by atoms with Gasteiger partial charge in [-0.2, -0.15) is 21.6 Å². The molecule has 0 aromatic heterocycles. The van der Waals surface area contributed by atoms with Gasteiger partial charge in [0.15, 0.2) is 11.5 Å². The molecule has 0 aliphatic heterocycles. The molecule has 2 rings (SSSR count). The average molecular weight is 372 g/mol. The quantitative estimate of drug-likeness (QED) is 0.585. The standard InChI is InChI=1S/C17H15F3O4S/c1-11-6-7-16(15(8-11)12(2)21)24-25(22,23)10-13-4-3-5-14(9-13)17(18,19)20/h3-9H,10H2,1-2H3. The third-order valence-corrected chi connectivity index (χ3v) is 4.45. The molecular weight excluding hydrogens is 357 g/mol. The Morgan fingerprint density at radius 3 is 2.40 bits per heavy atom. The van der Waals surface area contributed by atoms with Crippen molar-refractivity contribution in [1.29, 1.82) is 0 Å². The van der Waals surface area contributed by atoms with Crippen molar-refractivity contribution in [3.8, 4) is 5.75 Å². The molecule has 0 aliphatic carbocycles. The van der Waals surface area contributed by atoms with Gasteiger partial charge in [0.25, 0.3) is 0 Å². The molecule has 0 fully saturated rings. The van der Waals surface area contributed by atoms with Gasteiger partial charge in [-0.1, -0.05) is 29.8 Å². The number of carbonyl (C=O) groups is 1. The maximum absolute atomic E-state index is 12.7. The summed E-state index contributed by atoms with van der Waals surface area (Å²) in [6.07, 6.45) is -4.57. The van der Waals surface area contributed by atoms with Crippen LogP contribution < -0.4 is 4.18 Å². The number of hydrogen-bond acceptors (Lipinski definition) is 4. The van der Waals surface area contributed by atoms with Crippen LogP contribution >= 0.6 is 0 Å². The van der Waals surface area contributed by atoms with Crippen LogP contribution in [0.3, 0.4) is 0 Å². The van der Waals surface area contributed by atoms with E-state index >= 15 is 0 Å². The van der Waals surface area contributed by atoms with Crippen LogP contribution in [0.5, 0.6) is 5.75 Å². The third-order valence-electron chi connectivity index (χ3n) is 3.33. The molecule has 0 atom stereocenters. The molecule has 0 aliphatic rings. The number of carbonyl (C=O) groups excluding carboxylic acids is 1. The van der Waals surface area contributed by atoms with Gasteiger partial charge in [0.05, 0.1) is 11.1 Å². The largest absolute Gasteiger partial charge is 0.416 e. The molecule has 0 amide bonds. The Hall–Kier alpha value is -2.35. The van der Waals surface area contributed by atoms with Crippen LogP contribution in [0.15, 0.2) is 42.5 Å². The lowest BCUT2D eigenvalue weighted by molar-refractivity contribution is -0.137. The van der Waals surface area contributed by atoms with Crippen molar-refractivity contribution >= 4 is 15.9 Å². The minimum absolute atomic E-state index is 0.0636. The number of aryl methyl sites for hydroxylation is 1. The SMILES string of the molecule is CC(=O)c1cc(C)ccc1OS(=O)(=O)Cc1cccc(C(F)(F)F)c1. The van der Waals surface area contributed by atoms with Crippen molar-refractivity contribution in [2.45, 2.75) is 25.8 Å². The van der Waals surface area contributed by atoms with Gasteiger partial charge in [0, 0.05) is 0 Å². The number of benzene rings is 2. The summed E-state index contributed by atoms with van der Waals surface area (Å²) in [5.74, 6) is -1.28. The Balaban J connectivity index is 2.28. The van der Waals surface area contributed by atoms with E-state index in [0.717, 1.165) is 23.8 Å². The van der Waals surface area contributed by atoms with Gasteiger partial charge < -0.3 is 4.18 Å². The minimum Gasteiger partial charge on any atom is -0.381 e. The molecule has 0 saturated heterocycles. The summed E-state index contributed by atoms with van der Waals surface area (Å²) in [7, 11) is -4.24. The van der Waals surface area contributed by atoms with Gasteiger partial charge in [-0.3, -0.25) is 4.79 Å². The first-order valence-corrected chi connectivity index (χ1v) is 8.75. The van der Waals surface area contributed by atoms with Crippen LogP contribution in [0.25, 0.3) is 0 Å². The summed E-state index contributed by atoms with van der Waals surface area (Å²) in [6.45, 7) is 2.99. The van der Waals surface area contributed by atoms with Gasteiger partial charge in [-0.15, -0.1) is 0 Å². The second-order valence-corrected chi connectivity index (χ2v) is 7.11. The molecule has 0 N–H and O–H groups in total. The zero-order valence-electron chi connectivity index (χ0n) is 13.4. The normalized spacial score (nSPS) is 12.0. The summed E-state index contributed by atoms with van der Waals surface area (Å²) >= 11 is 0. The van der Waals surface area contributed by atoms with E-state index in [1.165, 1.54) is 25.1 Å². The van der Waals surface area contributed by atoms with Crippen molar-refractivity contribution in [3.05, 3.63) is 64.7 Å². The van der Waals surface area contributed by atoms with Gasteiger partial charge in [-0.25, -0.2) is 0 Å². The first-order valence-electron chi connectivity index (χ1n) is 7.18. The summed E-state index contributed by atoms with van der Waals surface area (Å²) in [4.78, 5) is 11.6. The number of Topliss-reactive ketones (excluding diaryl/α,β-unsaturated/α-hetero) is 1. The summed E-state index contributed by atoms with van der Waals surface area (Å²) < 4.78 is 67.4. The molecule has 0 bridgehead atoms. The molecule has 0 spiro atoms. The van der Waals surface area contributed by atoms with Crippen LogP contribution in [0.2, 0.25) is 0 Å². The fraction of sp³-hybridized carbons (Fsp3) is 0.235. The molecule has 0 heterocycles. The monoisotopic (exact) mass is 372 g/mol.